The van der Waals surface area contributed by atoms with Crippen molar-refractivity contribution in [3.63, 3.8) is 0 Å². The number of rotatable bonds is 4. The van der Waals surface area contributed by atoms with Crippen molar-refractivity contribution in [3.05, 3.63) is 63.3 Å². The van der Waals surface area contributed by atoms with Crippen LogP contribution >= 0.6 is 11.3 Å². The summed E-state index contributed by atoms with van der Waals surface area (Å²) in [4.78, 5) is 5.48. The van der Waals surface area contributed by atoms with Gasteiger partial charge >= 0.3 is 0 Å². The van der Waals surface area contributed by atoms with Gasteiger partial charge in [0.05, 0.1) is 11.9 Å². The van der Waals surface area contributed by atoms with E-state index in [0.717, 1.165) is 33.1 Å². The first-order valence-corrected chi connectivity index (χ1v) is 10.3. The van der Waals surface area contributed by atoms with E-state index in [-0.39, 0.29) is 0 Å². The number of nitrogens with zero attached hydrogens (tertiary/aromatic N) is 3. The Balaban J connectivity index is 1.74. The summed E-state index contributed by atoms with van der Waals surface area (Å²) in [6.45, 7) is 8.16. The zero-order valence-electron chi connectivity index (χ0n) is 16.3. The minimum Gasteiger partial charge on any atom is -0.486 e. The van der Waals surface area contributed by atoms with Gasteiger partial charge in [0, 0.05) is 17.5 Å². The van der Waals surface area contributed by atoms with E-state index < -0.39 is 0 Å². The highest BCUT2D eigenvalue weighted by Crippen LogP contribution is 2.30. The fraction of sp³-hybridized carbons (Fsp3) is 0.273. The maximum atomic E-state index is 5.67. The molecule has 5 nitrogen and oxygen atoms in total. The second-order valence-corrected chi connectivity index (χ2v) is 7.47. The summed E-state index contributed by atoms with van der Waals surface area (Å²) in [5.74, 6) is 1.54. The summed E-state index contributed by atoms with van der Waals surface area (Å²) in [5, 5.41) is 6.86. The Morgan fingerprint density at radius 2 is 1.86 bits per heavy atom. The predicted octanol–water partition coefficient (Wildman–Crippen LogP) is 4.41. The molecule has 6 heteroatoms. The van der Waals surface area contributed by atoms with Crippen molar-refractivity contribution >= 4 is 17.6 Å². The van der Waals surface area contributed by atoms with Crippen molar-refractivity contribution in [2.75, 3.05) is 19.8 Å². The lowest BCUT2D eigenvalue weighted by Crippen LogP contribution is -2.15. The minimum atomic E-state index is 0.573. The van der Waals surface area contributed by atoms with E-state index >= 15 is 0 Å². The average molecular weight is 394 g/mol. The van der Waals surface area contributed by atoms with Gasteiger partial charge in [0.1, 0.15) is 13.2 Å². The van der Waals surface area contributed by atoms with Crippen LogP contribution < -0.4 is 14.3 Å². The van der Waals surface area contributed by atoms with Crippen LogP contribution in [0.5, 0.6) is 11.5 Å². The van der Waals surface area contributed by atoms with Gasteiger partial charge in [0.2, 0.25) is 4.80 Å². The molecule has 4 rings (SSSR count). The molecule has 28 heavy (non-hydrogen) atoms. The van der Waals surface area contributed by atoms with E-state index in [9.17, 15) is 0 Å². The second-order valence-electron chi connectivity index (χ2n) is 6.64. The summed E-state index contributed by atoms with van der Waals surface area (Å²) in [6.07, 6.45) is 1.84. The molecular formula is C22H23N3O2S. The van der Waals surface area contributed by atoms with Gasteiger partial charge in [-0.2, -0.15) is 5.10 Å². The highest BCUT2D eigenvalue weighted by molar-refractivity contribution is 7.07. The van der Waals surface area contributed by atoms with Crippen molar-refractivity contribution < 1.29 is 9.47 Å². The molecule has 2 heterocycles. The first-order valence-electron chi connectivity index (χ1n) is 9.38. The van der Waals surface area contributed by atoms with Crippen molar-refractivity contribution in [2.24, 2.45) is 10.1 Å². The van der Waals surface area contributed by atoms with Crippen LogP contribution in [0.3, 0.4) is 0 Å². The summed E-state index contributed by atoms with van der Waals surface area (Å²) < 4.78 is 13.2. The smallest absolute Gasteiger partial charge is 0.206 e. The molecule has 3 aromatic rings. The van der Waals surface area contributed by atoms with E-state index in [1.165, 1.54) is 11.1 Å². The maximum Gasteiger partial charge on any atom is 0.206 e. The van der Waals surface area contributed by atoms with Gasteiger partial charge in [-0.05, 0) is 61.7 Å². The van der Waals surface area contributed by atoms with Gasteiger partial charge in [0.25, 0.3) is 0 Å². The largest absolute Gasteiger partial charge is 0.486 e. The molecule has 0 saturated heterocycles. The first-order chi connectivity index (χ1) is 13.7. The number of fused-ring (bicyclic) bond motifs is 1. The van der Waals surface area contributed by atoms with Crippen LogP contribution in [0.2, 0.25) is 0 Å². The quantitative estimate of drug-likeness (QED) is 0.617. The first kappa shape index (κ1) is 18.5. The van der Waals surface area contributed by atoms with E-state index in [0.29, 0.717) is 19.8 Å². The molecule has 144 valence electrons. The number of hydrogen-bond donors (Lipinski definition) is 0. The molecule has 0 N–H and O–H groups in total. The Hall–Kier alpha value is -2.86. The fourth-order valence-electron chi connectivity index (χ4n) is 3.02. The second kappa shape index (κ2) is 8.02. The monoisotopic (exact) mass is 393 g/mol. The number of ether oxygens (including phenoxy) is 2. The molecular weight excluding hydrogens is 370 g/mol. The molecule has 0 atom stereocenters. The van der Waals surface area contributed by atoms with Crippen LogP contribution in [0, 0.1) is 13.8 Å². The zero-order chi connectivity index (χ0) is 19.5. The van der Waals surface area contributed by atoms with Crippen LogP contribution in [0.4, 0.5) is 0 Å². The number of hydrogen-bond acceptors (Lipinski definition) is 5. The molecule has 0 spiro atoms. The molecule has 0 amide bonds. The van der Waals surface area contributed by atoms with Gasteiger partial charge in [-0.25, -0.2) is 4.68 Å². The Labute approximate surface area is 168 Å². The number of benzene rings is 2. The Kier molecular flexibility index (Phi) is 5.30. The Morgan fingerprint density at radius 3 is 2.64 bits per heavy atom. The molecule has 1 aliphatic rings. The van der Waals surface area contributed by atoms with Crippen molar-refractivity contribution in [1.82, 2.24) is 4.68 Å². The number of thiazole rings is 1. The van der Waals surface area contributed by atoms with Crippen LogP contribution in [0.1, 0.15) is 23.6 Å². The third kappa shape index (κ3) is 3.73. The topological polar surface area (TPSA) is 48.1 Å². The Morgan fingerprint density at radius 1 is 1.04 bits per heavy atom. The third-order valence-corrected chi connectivity index (χ3v) is 5.52. The lowest BCUT2D eigenvalue weighted by molar-refractivity contribution is 0.171. The minimum absolute atomic E-state index is 0.573. The molecule has 0 unspecified atom stereocenters. The molecule has 0 fully saturated rings. The van der Waals surface area contributed by atoms with E-state index in [1.807, 2.05) is 36.0 Å². The van der Waals surface area contributed by atoms with Gasteiger partial charge in [0.15, 0.2) is 11.5 Å². The molecule has 1 aliphatic heterocycles. The van der Waals surface area contributed by atoms with Crippen molar-refractivity contribution in [3.8, 4) is 22.8 Å². The third-order valence-electron chi connectivity index (χ3n) is 4.67. The standard InChI is InChI=1S/C22H23N3O2S/c1-4-23-22-25(19(14-28-22)18-7-5-15(2)16(3)11-18)24-13-17-6-8-20-21(12-17)27-10-9-26-20/h5-8,11-14H,4,9-10H2,1-3H3/b23-22?,24-13-. The highest BCUT2D eigenvalue weighted by Gasteiger charge is 2.12. The molecule has 0 bridgehead atoms. The summed E-state index contributed by atoms with van der Waals surface area (Å²) in [5.41, 5.74) is 5.67. The average Bonchev–Trinajstić information content (AvgIpc) is 3.11. The molecule has 1 aromatic heterocycles. The van der Waals surface area contributed by atoms with Gasteiger partial charge in [-0.1, -0.05) is 12.1 Å². The molecule has 0 aliphatic carbocycles. The molecule has 0 saturated carbocycles. The van der Waals surface area contributed by atoms with Crippen molar-refractivity contribution in [1.29, 1.82) is 0 Å². The summed E-state index contributed by atoms with van der Waals surface area (Å²) in [6, 6.07) is 12.3. The predicted molar refractivity (Wildman–Crippen MR) is 114 cm³/mol. The normalized spacial score (nSPS) is 14.0. The van der Waals surface area contributed by atoms with Crippen molar-refractivity contribution in [2.45, 2.75) is 20.8 Å². The fourth-order valence-corrected chi connectivity index (χ4v) is 3.92. The Bertz CT molecular complexity index is 1100. The van der Waals surface area contributed by atoms with Crippen LogP contribution in [0.25, 0.3) is 11.3 Å². The summed E-state index contributed by atoms with van der Waals surface area (Å²) >= 11 is 1.60. The molecule has 2 aromatic carbocycles. The lowest BCUT2D eigenvalue weighted by Gasteiger charge is -2.18. The SMILES string of the molecule is CCN=c1scc(-c2ccc(C)c(C)c2)n1/N=C\c1ccc2c(c1)OCCO2. The van der Waals surface area contributed by atoms with Gasteiger partial charge in [-0.3, -0.25) is 4.99 Å². The lowest BCUT2D eigenvalue weighted by atomic mass is 10.1. The highest BCUT2D eigenvalue weighted by atomic mass is 32.1. The van der Waals surface area contributed by atoms with Crippen LogP contribution in [0.15, 0.2) is 51.9 Å². The maximum absolute atomic E-state index is 5.67. The number of aromatic nitrogens is 1. The van der Waals surface area contributed by atoms with E-state index in [4.69, 9.17) is 14.6 Å². The number of aryl methyl sites for hydroxylation is 2. The van der Waals surface area contributed by atoms with Gasteiger partial charge in [-0.15, -0.1) is 11.3 Å². The summed E-state index contributed by atoms with van der Waals surface area (Å²) in [7, 11) is 0. The van der Waals surface area contributed by atoms with E-state index in [1.54, 1.807) is 11.3 Å². The van der Waals surface area contributed by atoms with Crippen LogP contribution in [-0.4, -0.2) is 30.6 Å². The van der Waals surface area contributed by atoms with E-state index in [2.05, 4.69) is 42.4 Å². The van der Waals surface area contributed by atoms with Gasteiger partial charge < -0.3 is 9.47 Å². The zero-order valence-corrected chi connectivity index (χ0v) is 17.1. The molecule has 0 radical (unpaired) electrons. The van der Waals surface area contributed by atoms with Crippen LogP contribution in [-0.2, 0) is 0 Å².